The molecule has 0 spiro atoms. The van der Waals surface area contributed by atoms with Crippen molar-refractivity contribution >= 4 is 47.8 Å². The van der Waals surface area contributed by atoms with Gasteiger partial charge in [-0.3, -0.25) is 0 Å². The molecule has 0 aliphatic rings. The van der Waals surface area contributed by atoms with Crippen molar-refractivity contribution in [1.29, 1.82) is 5.26 Å². The van der Waals surface area contributed by atoms with Crippen LogP contribution in [0.3, 0.4) is 0 Å². The maximum absolute atomic E-state index is 8.66. The molecular formula is C7H2Br3N. The van der Waals surface area contributed by atoms with E-state index in [-0.39, 0.29) is 0 Å². The van der Waals surface area contributed by atoms with Crippen molar-refractivity contribution in [2.45, 2.75) is 0 Å². The molecule has 0 bridgehead atoms. The van der Waals surface area contributed by atoms with Crippen LogP contribution in [-0.2, 0) is 0 Å². The number of rotatable bonds is 0. The maximum atomic E-state index is 8.66. The molecule has 1 nitrogen and oxygen atoms in total. The summed E-state index contributed by atoms with van der Waals surface area (Å²) in [4.78, 5) is 0. The third-order valence-corrected chi connectivity index (χ3v) is 2.83. The first-order chi connectivity index (χ1) is 5.15. The average Bonchev–Trinajstić information content (AvgIpc) is 1.85. The molecule has 0 fully saturated rings. The normalized spacial score (nSPS) is 9.27. The predicted octanol–water partition coefficient (Wildman–Crippen LogP) is 3.85. The molecule has 4 heteroatoms. The zero-order valence-electron chi connectivity index (χ0n) is 5.24. The second-order valence-corrected chi connectivity index (χ2v) is 4.48. The number of halogens is 3. The summed E-state index contributed by atoms with van der Waals surface area (Å²) in [5.74, 6) is 0. The molecule has 0 heterocycles. The molecule has 1 aromatic rings. The largest absolute Gasteiger partial charge is 0.192 e. The molecule has 0 saturated carbocycles. The highest BCUT2D eigenvalue weighted by Crippen LogP contribution is 2.28. The van der Waals surface area contributed by atoms with Crippen molar-refractivity contribution in [3.05, 3.63) is 31.1 Å². The van der Waals surface area contributed by atoms with E-state index in [0.29, 0.717) is 5.56 Å². The lowest BCUT2D eigenvalue weighted by Crippen LogP contribution is -1.79. The Balaban J connectivity index is 3.40. The minimum Gasteiger partial charge on any atom is -0.192 e. The van der Waals surface area contributed by atoms with Crippen LogP contribution in [-0.4, -0.2) is 0 Å². The van der Waals surface area contributed by atoms with Crippen LogP contribution in [0.2, 0.25) is 0 Å². The summed E-state index contributed by atoms with van der Waals surface area (Å²) in [6.45, 7) is 0. The number of benzene rings is 1. The van der Waals surface area contributed by atoms with Gasteiger partial charge < -0.3 is 0 Å². The van der Waals surface area contributed by atoms with E-state index >= 15 is 0 Å². The topological polar surface area (TPSA) is 23.8 Å². The molecule has 0 aliphatic heterocycles. The lowest BCUT2D eigenvalue weighted by molar-refractivity contribution is 1.43. The molecular weight excluding hydrogens is 338 g/mol. The second-order valence-electron chi connectivity index (χ2n) is 1.86. The Hall–Kier alpha value is 0.150. The highest BCUT2D eigenvalue weighted by molar-refractivity contribution is 9.11. The summed E-state index contributed by atoms with van der Waals surface area (Å²) < 4.78 is 2.53. The first-order valence-corrected chi connectivity index (χ1v) is 5.07. The van der Waals surface area contributed by atoms with E-state index < -0.39 is 0 Å². The molecule has 11 heavy (non-hydrogen) atoms. The van der Waals surface area contributed by atoms with Gasteiger partial charge in [-0.1, -0.05) is 15.9 Å². The molecule has 0 aromatic heterocycles. The lowest BCUT2D eigenvalue weighted by atomic mass is 10.2. The molecule has 0 N–H and O–H groups in total. The van der Waals surface area contributed by atoms with E-state index in [0.717, 1.165) is 13.4 Å². The van der Waals surface area contributed by atoms with Crippen LogP contribution in [0.4, 0.5) is 0 Å². The van der Waals surface area contributed by atoms with Crippen molar-refractivity contribution in [2.24, 2.45) is 0 Å². The van der Waals surface area contributed by atoms with Gasteiger partial charge in [-0.25, -0.2) is 0 Å². The van der Waals surface area contributed by atoms with Crippen LogP contribution in [0.15, 0.2) is 25.6 Å². The van der Waals surface area contributed by atoms with Gasteiger partial charge in [0.25, 0.3) is 0 Å². The van der Waals surface area contributed by atoms with Crippen LogP contribution >= 0.6 is 47.8 Å². The summed E-state index contributed by atoms with van der Waals surface area (Å²) in [5, 5.41) is 8.66. The third kappa shape index (κ3) is 2.05. The van der Waals surface area contributed by atoms with Gasteiger partial charge in [0.05, 0.1) is 5.56 Å². The van der Waals surface area contributed by atoms with Crippen LogP contribution in [0.25, 0.3) is 0 Å². The summed E-state index contributed by atoms with van der Waals surface area (Å²) >= 11 is 9.86. The summed E-state index contributed by atoms with van der Waals surface area (Å²) in [6, 6.07) is 5.75. The number of hydrogen-bond acceptors (Lipinski definition) is 1. The fourth-order valence-corrected chi connectivity index (χ4v) is 3.09. The van der Waals surface area contributed by atoms with Crippen molar-refractivity contribution in [1.82, 2.24) is 0 Å². The van der Waals surface area contributed by atoms with Crippen LogP contribution in [0.1, 0.15) is 5.56 Å². The lowest BCUT2D eigenvalue weighted by Gasteiger charge is -1.98. The number of nitriles is 1. The van der Waals surface area contributed by atoms with Crippen molar-refractivity contribution in [3.8, 4) is 6.07 Å². The first-order valence-electron chi connectivity index (χ1n) is 2.70. The average molecular weight is 340 g/mol. The van der Waals surface area contributed by atoms with Crippen molar-refractivity contribution in [3.63, 3.8) is 0 Å². The third-order valence-electron chi connectivity index (χ3n) is 1.12. The Morgan fingerprint density at radius 1 is 1.09 bits per heavy atom. The second kappa shape index (κ2) is 3.70. The summed E-state index contributed by atoms with van der Waals surface area (Å²) in [7, 11) is 0. The standard InChI is InChI=1S/C7H2Br3N/c8-4-1-6(9)5(3-11)7(10)2-4/h1-2H. The van der Waals surface area contributed by atoms with Gasteiger partial charge in [0, 0.05) is 13.4 Å². The Morgan fingerprint density at radius 2 is 1.55 bits per heavy atom. The zero-order valence-corrected chi connectivity index (χ0v) is 9.99. The van der Waals surface area contributed by atoms with Gasteiger partial charge >= 0.3 is 0 Å². The van der Waals surface area contributed by atoms with Crippen LogP contribution in [0, 0.1) is 11.3 Å². The van der Waals surface area contributed by atoms with Crippen LogP contribution < -0.4 is 0 Å². The van der Waals surface area contributed by atoms with Gasteiger partial charge in [-0.2, -0.15) is 5.26 Å². The van der Waals surface area contributed by atoms with E-state index in [4.69, 9.17) is 5.26 Å². The fourth-order valence-electron chi connectivity index (χ4n) is 0.649. The molecule has 0 amide bonds. The van der Waals surface area contributed by atoms with E-state index in [1.165, 1.54) is 0 Å². The highest BCUT2D eigenvalue weighted by Gasteiger charge is 2.04. The van der Waals surface area contributed by atoms with Crippen molar-refractivity contribution in [2.75, 3.05) is 0 Å². The van der Waals surface area contributed by atoms with E-state index in [1.54, 1.807) is 0 Å². The molecule has 56 valence electrons. The molecule has 0 saturated heterocycles. The van der Waals surface area contributed by atoms with Crippen LogP contribution in [0.5, 0.6) is 0 Å². The molecule has 0 aliphatic carbocycles. The molecule has 1 aromatic carbocycles. The monoisotopic (exact) mass is 337 g/mol. The quantitative estimate of drug-likeness (QED) is 0.704. The Labute approximate surface area is 89.8 Å². The number of hydrogen-bond donors (Lipinski definition) is 0. The maximum Gasteiger partial charge on any atom is 0.102 e. The summed E-state index contributed by atoms with van der Waals surface area (Å²) in [5.41, 5.74) is 0.619. The van der Waals surface area contributed by atoms with Gasteiger partial charge in [-0.05, 0) is 44.0 Å². The van der Waals surface area contributed by atoms with E-state index in [9.17, 15) is 0 Å². The molecule has 1 rings (SSSR count). The van der Waals surface area contributed by atoms with Gasteiger partial charge in [0.2, 0.25) is 0 Å². The minimum absolute atomic E-state index is 0.619. The van der Waals surface area contributed by atoms with Crippen molar-refractivity contribution < 1.29 is 0 Å². The van der Waals surface area contributed by atoms with E-state index in [2.05, 4.69) is 53.9 Å². The van der Waals surface area contributed by atoms with Gasteiger partial charge in [-0.15, -0.1) is 0 Å². The molecule has 0 unspecified atom stereocenters. The van der Waals surface area contributed by atoms with E-state index in [1.807, 2.05) is 12.1 Å². The Kier molecular flexibility index (Phi) is 3.11. The number of nitrogens with zero attached hydrogens (tertiary/aromatic N) is 1. The smallest absolute Gasteiger partial charge is 0.102 e. The fraction of sp³-hybridized carbons (Fsp3) is 0. The highest BCUT2D eigenvalue weighted by atomic mass is 79.9. The van der Waals surface area contributed by atoms with Gasteiger partial charge in [0.15, 0.2) is 0 Å². The SMILES string of the molecule is N#Cc1c(Br)cc(Br)cc1Br. The minimum atomic E-state index is 0.619. The molecule has 0 radical (unpaired) electrons. The summed E-state index contributed by atoms with van der Waals surface area (Å²) in [6.07, 6.45) is 0. The zero-order chi connectivity index (χ0) is 8.43. The van der Waals surface area contributed by atoms with Gasteiger partial charge in [0.1, 0.15) is 6.07 Å². The molecule has 0 atom stereocenters. The first kappa shape index (κ1) is 9.24. The predicted molar refractivity (Wildman–Crippen MR) is 54.3 cm³/mol. The Morgan fingerprint density at radius 3 is 1.91 bits per heavy atom. The Bertz CT molecular complexity index is 304.